The molecule has 166 valence electrons. The smallest absolute Gasteiger partial charge is 0.255 e. The monoisotopic (exact) mass is 426 g/mol. The fourth-order valence-corrected chi connectivity index (χ4v) is 4.20. The molecule has 2 fully saturated rings. The Morgan fingerprint density at radius 3 is 2.48 bits per heavy atom. The van der Waals surface area contributed by atoms with Crippen molar-refractivity contribution in [1.82, 2.24) is 14.5 Å². The Labute approximate surface area is 182 Å². The summed E-state index contributed by atoms with van der Waals surface area (Å²) in [6.07, 6.45) is 3.60. The van der Waals surface area contributed by atoms with Gasteiger partial charge >= 0.3 is 0 Å². The first-order valence-corrected chi connectivity index (χ1v) is 11.0. The van der Waals surface area contributed by atoms with E-state index in [1.165, 1.54) is 17.0 Å². The third kappa shape index (κ3) is 5.51. The standard InChI is InChI=1S/C23H30N4O4/c28-21(7-6-19-4-2-1-3-5-19)26-10-8-23(30,9-11-26)17-27-18-24-20(16-22(27)29)25-12-14-31-15-13-25/h1-5,16,18,30H,6-15,17H2. The first-order valence-electron chi connectivity index (χ1n) is 11.0. The lowest BCUT2D eigenvalue weighted by atomic mass is 9.91. The molecule has 2 aliphatic rings. The number of hydrogen-bond donors (Lipinski definition) is 1. The van der Waals surface area contributed by atoms with Crippen molar-refractivity contribution in [3.8, 4) is 0 Å². The van der Waals surface area contributed by atoms with Crippen LogP contribution < -0.4 is 10.5 Å². The Balaban J connectivity index is 1.30. The summed E-state index contributed by atoms with van der Waals surface area (Å²) in [6, 6.07) is 11.5. The van der Waals surface area contributed by atoms with E-state index < -0.39 is 5.60 Å². The van der Waals surface area contributed by atoms with Gasteiger partial charge in [0.15, 0.2) is 0 Å². The van der Waals surface area contributed by atoms with Crippen molar-refractivity contribution < 1.29 is 14.6 Å². The van der Waals surface area contributed by atoms with E-state index in [-0.39, 0.29) is 18.0 Å². The SMILES string of the molecule is O=C(CCc1ccccc1)N1CCC(O)(Cn2cnc(N3CCOCC3)cc2=O)CC1. The molecular weight excluding hydrogens is 396 g/mol. The fraction of sp³-hybridized carbons (Fsp3) is 0.522. The average Bonchev–Trinajstić information content (AvgIpc) is 2.80. The molecule has 4 rings (SSSR count). The number of piperidine rings is 1. The van der Waals surface area contributed by atoms with Crippen molar-refractivity contribution in [3.63, 3.8) is 0 Å². The van der Waals surface area contributed by atoms with Crippen LogP contribution in [0.2, 0.25) is 0 Å². The molecule has 2 saturated heterocycles. The number of carbonyl (C=O) groups excluding carboxylic acids is 1. The van der Waals surface area contributed by atoms with Crippen molar-refractivity contribution in [2.75, 3.05) is 44.3 Å². The van der Waals surface area contributed by atoms with E-state index in [1.807, 2.05) is 40.1 Å². The van der Waals surface area contributed by atoms with Crippen LogP contribution in [0.25, 0.3) is 0 Å². The van der Waals surface area contributed by atoms with Crippen LogP contribution in [0.4, 0.5) is 5.82 Å². The van der Waals surface area contributed by atoms with Gasteiger partial charge in [0, 0.05) is 38.7 Å². The summed E-state index contributed by atoms with van der Waals surface area (Å²) >= 11 is 0. The number of morpholine rings is 1. The third-order valence-electron chi connectivity index (χ3n) is 6.18. The average molecular weight is 427 g/mol. The van der Waals surface area contributed by atoms with Crippen molar-refractivity contribution in [3.05, 3.63) is 58.6 Å². The van der Waals surface area contributed by atoms with Crippen LogP contribution in [-0.4, -0.2) is 70.5 Å². The number of aliphatic hydroxyl groups is 1. The van der Waals surface area contributed by atoms with Gasteiger partial charge in [-0.25, -0.2) is 4.98 Å². The zero-order valence-corrected chi connectivity index (χ0v) is 17.8. The van der Waals surface area contributed by atoms with Crippen molar-refractivity contribution in [2.45, 2.75) is 37.8 Å². The third-order valence-corrected chi connectivity index (χ3v) is 6.18. The molecule has 1 amide bonds. The predicted octanol–water partition coefficient (Wildman–Crippen LogP) is 1.07. The minimum Gasteiger partial charge on any atom is -0.388 e. The maximum atomic E-state index is 12.6. The minimum absolute atomic E-state index is 0.111. The summed E-state index contributed by atoms with van der Waals surface area (Å²) in [5.41, 5.74) is -0.0367. The highest BCUT2D eigenvalue weighted by molar-refractivity contribution is 5.76. The van der Waals surface area contributed by atoms with Crippen LogP contribution in [0.3, 0.4) is 0 Å². The second-order valence-electron chi connectivity index (χ2n) is 8.40. The molecular formula is C23H30N4O4. The molecule has 0 spiro atoms. The molecule has 2 aromatic rings. The van der Waals surface area contributed by atoms with Crippen LogP contribution in [0.15, 0.2) is 47.5 Å². The van der Waals surface area contributed by atoms with Crippen LogP contribution in [-0.2, 0) is 22.5 Å². The highest BCUT2D eigenvalue weighted by Crippen LogP contribution is 2.24. The molecule has 0 saturated carbocycles. The number of amides is 1. The Bertz CT molecular complexity index is 932. The Hall–Kier alpha value is -2.71. The van der Waals surface area contributed by atoms with Crippen molar-refractivity contribution in [1.29, 1.82) is 0 Å². The van der Waals surface area contributed by atoms with Gasteiger partial charge in [0.2, 0.25) is 5.91 Å². The Morgan fingerprint density at radius 1 is 1.10 bits per heavy atom. The molecule has 3 heterocycles. The number of anilines is 1. The van der Waals surface area contributed by atoms with Gasteiger partial charge in [0.25, 0.3) is 5.56 Å². The van der Waals surface area contributed by atoms with Gasteiger partial charge in [0.05, 0.1) is 31.7 Å². The van der Waals surface area contributed by atoms with Gasteiger partial charge in [0.1, 0.15) is 5.82 Å². The summed E-state index contributed by atoms with van der Waals surface area (Å²) in [5, 5.41) is 11.0. The van der Waals surface area contributed by atoms with Crippen molar-refractivity contribution >= 4 is 11.7 Å². The number of rotatable bonds is 6. The Kier molecular flexibility index (Phi) is 6.67. The first kappa shape index (κ1) is 21.5. The molecule has 0 aliphatic carbocycles. The van der Waals surface area contributed by atoms with Gasteiger partial charge < -0.3 is 19.6 Å². The van der Waals surface area contributed by atoms with Gasteiger partial charge in [-0.1, -0.05) is 30.3 Å². The molecule has 1 aromatic carbocycles. The van der Waals surface area contributed by atoms with Crippen LogP contribution in [0.5, 0.6) is 0 Å². The summed E-state index contributed by atoms with van der Waals surface area (Å²) in [6.45, 7) is 3.88. The van der Waals surface area contributed by atoms with E-state index in [0.717, 1.165) is 12.0 Å². The van der Waals surface area contributed by atoms with Crippen LogP contribution in [0, 0.1) is 0 Å². The van der Waals surface area contributed by atoms with Gasteiger partial charge in [-0.2, -0.15) is 0 Å². The number of carbonyl (C=O) groups is 1. The molecule has 0 bridgehead atoms. The minimum atomic E-state index is -1.01. The first-order chi connectivity index (χ1) is 15.0. The number of aromatic nitrogens is 2. The molecule has 0 radical (unpaired) electrons. The molecule has 31 heavy (non-hydrogen) atoms. The summed E-state index contributed by atoms with van der Waals surface area (Å²) < 4.78 is 6.81. The number of benzene rings is 1. The lowest BCUT2D eigenvalue weighted by Gasteiger charge is -2.38. The van der Waals surface area contributed by atoms with E-state index in [9.17, 15) is 14.7 Å². The fourth-order valence-electron chi connectivity index (χ4n) is 4.20. The summed E-state index contributed by atoms with van der Waals surface area (Å²) in [4.78, 5) is 33.4. The van der Waals surface area contributed by atoms with E-state index in [1.54, 1.807) is 0 Å². The number of hydrogen-bond acceptors (Lipinski definition) is 6. The molecule has 8 heteroatoms. The maximum absolute atomic E-state index is 12.6. The zero-order chi connectivity index (χ0) is 21.7. The van der Waals surface area contributed by atoms with Gasteiger partial charge in [-0.3, -0.25) is 14.2 Å². The zero-order valence-electron chi connectivity index (χ0n) is 17.8. The largest absolute Gasteiger partial charge is 0.388 e. The molecule has 8 nitrogen and oxygen atoms in total. The lowest BCUT2D eigenvalue weighted by Crippen LogP contribution is -2.49. The number of nitrogens with zero attached hydrogens (tertiary/aromatic N) is 4. The molecule has 1 N–H and O–H groups in total. The highest BCUT2D eigenvalue weighted by Gasteiger charge is 2.34. The quantitative estimate of drug-likeness (QED) is 0.743. The molecule has 0 atom stereocenters. The lowest BCUT2D eigenvalue weighted by molar-refractivity contribution is -0.135. The molecule has 0 unspecified atom stereocenters. The van der Waals surface area contributed by atoms with Crippen LogP contribution in [0.1, 0.15) is 24.8 Å². The molecule has 1 aromatic heterocycles. The van der Waals surface area contributed by atoms with Gasteiger partial charge in [-0.15, -0.1) is 0 Å². The summed E-state index contributed by atoms with van der Waals surface area (Å²) in [5.74, 6) is 0.759. The van der Waals surface area contributed by atoms with Crippen molar-refractivity contribution in [2.24, 2.45) is 0 Å². The predicted molar refractivity (Wildman–Crippen MR) is 117 cm³/mol. The van der Waals surface area contributed by atoms with E-state index in [2.05, 4.69) is 4.98 Å². The van der Waals surface area contributed by atoms with Gasteiger partial charge in [-0.05, 0) is 24.8 Å². The van der Waals surface area contributed by atoms with E-state index in [4.69, 9.17) is 4.74 Å². The highest BCUT2D eigenvalue weighted by atomic mass is 16.5. The number of aryl methyl sites for hydroxylation is 1. The number of likely N-dealkylation sites (tertiary alicyclic amines) is 1. The van der Waals surface area contributed by atoms with E-state index in [0.29, 0.717) is 64.5 Å². The second kappa shape index (κ2) is 9.62. The summed E-state index contributed by atoms with van der Waals surface area (Å²) in [7, 11) is 0. The Morgan fingerprint density at radius 2 is 1.81 bits per heavy atom. The van der Waals surface area contributed by atoms with E-state index >= 15 is 0 Å². The van der Waals surface area contributed by atoms with Crippen LogP contribution >= 0.6 is 0 Å². The second-order valence-corrected chi connectivity index (χ2v) is 8.40. The normalized spacial score (nSPS) is 18.7. The topological polar surface area (TPSA) is 87.9 Å². The maximum Gasteiger partial charge on any atom is 0.255 e. The molecule has 2 aliphatic heterocycles. The number of ether oxygens (including phenoxy) is 1.